The van der Waals surface area contributed by atoms with E-state index in [9.17, 15) is 9.59 Å². The number of nitrogens with zero attached hydrogens (tertiary/aromatic N) is 1. The van der Waals surface area contributed by atoms with E-state index in [2.05, 4.69) is 37.1 Å². The molecule has 35 heavy (non-hydrogen) atoms. The van der Waals surface area contributed by atoms with Gasteiger partial charge in [-0.15, -0.1) is 0 Å². The highest BCUT2D eigenvalue weighted by Gasteiger charge is 2.14. The number of anilines is 2. The Kier molecular flexibility index (Phi) is 9.51. The molecule has 0 aliphatic heterocycles. The minimum absolute atomic E-state index is 0.236. The molecule has 3 amide bonds. The third kappa shape index (κ3) is 8.01. The van der Waals surface area contributed by atoms with Crippen LogP contribution in [-0.2, 0) is 4.79 Å². The number of aryl methyl sites for hydroxylation is 1. The van der Waals surface area contributed by atoms with Crippen molar-refractivity contribution in [1.82, 2.24) is 5.43 Å². The van der Waals surface area contributed by atoms with Crippen molar-refractivity contribution < 1.29 is 19.1 Å². The Labute approximate surface area is 216 Å². The van der Waals surface area contributed by atoms with Crippen molar-refractivity contribution in [1.29, 1.82) is 0 Å². The van der Waals surface area contributed by atoms with Crippen molar-refractivity contribution >= 4 is 57.1 Å². The molecule has 0 fully saturated rings. The van der Waals surface area contributed by atoms with Crippen molar-refractivity contribution in [3.8, 4) is 11.5 Å². The number of hydrogen-bond donors (Lipinski definition) is 3. The van der Waals surface area contributed by atoms with E-state index in [0.29, 0.717) is 29.3 Å². The summed E-state index contributed by atoms with van der Waals surface area (Å²) in [6.45, 7) is 3.85. The highest BCUT2D eigenvalue weighted by Crippen LogP contribution is 2.36. The zero-order valence-corrected chi connectivity index (χ0v) is 21.4. The molecule has 0 aromatic heterocycles. The summed E-state index contributed by atoms with van der Waals surface area (Å²) < 4.78 is 12.2. The number of ether oxygens (including phenoxy) is 2. The van der Waals surface area contributed by atoms with Crippen molar-refractivity contribution in [3.63, 3.8) is 0 Å². The average molecular weight is 560 g/mol. The van der Waals surface area contributed by atoms with Crippen LogP contribution in [0, 0.1) is 6.92 Å². The average Bonchev–Trinajstić information content (AvgIpc) is 2.82. The van der Waals surface area contributed by atoms with Gasteiger partial charge < -0.3 is 20.1 Å². The number of nitrogens with one attached hydrogen (secondary N) is 3. The van der Waals surface area contributed by atoms with Crippen molar-refractivity contribution in [2.75, 3.05) is 23.8 Å². The van der Waals surface area contributed by atoms with Crippen LogP contribution in [0.5, 0.6) is 11.5 Å². The smallest absolute Gasteiger partial charge is 0.339 e. The molecule has 0 spiro atoms. The van der Waals surface area contributed by atoms with Crippen molar-refractivity contribution in [2.45, 2.75) is 13.8 Å². The lowest BCUT2D eigenvalue weighted by Gasteiger charge is -2.14. The third-order valence-electron chi connectivity index (χ3n) is 4.53. The van der Waals surface area contributed by atoms with Crippen molar-refractivity contribution in [3.05, 3.63) is 81.3 Å². The Hall–Kier alpha value is -3.56. The summed E-state index contributed by atoms with van der Waals surface area (Å²) >= 11 is 9.81. The molecule has 0 radical (unpaired) electrons. The molecule has 3 N–H and O–H groups in total. The Bertz CT molecular complexity index is 1220. The standard InChI is InChI=1S/C25H24BrClN4O4/c1-3-34-22-13-17(14-28-31-25(33)30-19-9-10-20(26)16(2)11-19)12-21(27)24(22)35-15-23(32)29-18-7-5-4-6-8-18/h4-14H,3,15H2,1-2H3,(H,29,32)(H2,30,31,33)/b28-14+. The number of benzene rings is 3. The summed E-state index contributed by atoms with van der Waals surface area (Å²) in [5.74, 6) is 0.255. The van der Waals surface area contributed by atoms with E-state index in [1.807, 2.05) is 44.2 Å². The second-order valence-electron chi connectivity index (χ2n) is 7.25. The van der Waals surface area contributed by atoms with E-state index in [4.69, 9.17) is 21.1 Å². The van der Waals surface area contributed by atoms with Gasteiger partial charge in [0.2, 0.25) is 0 Å². The highest BCUT2D eigenvalue weighted by molar-refractivity contribution is 9.10. The first kappa shape index (κ1) is 26.1. The van der Waals surface area contributed by atoms with Gasteiger partial charge in [0.05, 0.1) is 17.8 Å². The van der Waals surface area contributed by atoms with Crippen LogP contribution in [-0.4, -0.2) is 31.4 Å². The van der Waals surface area contributed by atoms with E-state index in [1.165, 1.54) is 6.21 Å². The lowest BCUT2D eigenvalue weighted by atomic mass is 10.2. The third-order valence-corrected chi connectivity index (χ3v) is 5.70. The number of rotatable bonds is 9. The number of carbonyl (C=O) groups is 2. The van der Waals surface area contributed by atoms with Crippen LogP contribution >= 0.6 is 27.5 Å². The number of hydrogen-bond acceptors (Lipinski definition) is 5. The maximum atomic E-state index is 12.2. The Balaban J connectivity index is 1.61. The fourth-order valence-electron chi connectivity index (χ4n) is 2.97. The molecule has 0 saturated carbocycles. The van der Waals surface area contributed by atoms with E-state index < -0.39 is 6.03 Å². The number of carbonyl (C=O) groups excluding carboxylic acids is 2. The van der Waals surface area contributed by atoms with Crippen LogP contribution in [0.15, 0.2) is 70.2 Å². The molecule has 0 unspecified atom stereocenters. The molecule has 0 aliphatic rings. The molecule has 0 saturated heterocycles. The van der Waals surface area contributed by atoms with Crippen LogP contribution in [0.25, 0.3) is 0 Å². The molecule has 8 nitrogen and oxygen atoms in total. The predicted octanol–water partition coefficient (Wildman–Crippen LogP) is 5.98. The van der Waals surface area contributed by atoms with Gasteiger partial charge in [0.25, 0.3) is 5.91 Å². The first-order valence-electron chi connectivity index (χ1n) is 10.7. The maximum absolute atomic E-state index is 12.2. The van der Waals surface area contributed by atoms with Crippen molar-refractivity contribution in [2.24, 2.45) is 5.10 Å². The van der Waals surface area contributed by atoms with Crippen LogP contribution in [0.1, 0.15) is 18.1 Å². The Morgan fingerprint density at radius 1 is 1.03 bits per heavy atom. The summed E-state index contributed by atoms with van der Waals surface area (Å²) in [5.41, 5.74) is 5.26. The van der Waals surface area contributed by atoms with E-state index in [0.717, 1.165) is 10.0 Å². The van der Waals surface area contributed by atoms with E-state index in [-0.39, 0.29) is 23.3 Å². The van der Waals surface area contributed by atoms with Gasteiger partial charge in [0.1, 0.15) is 0 Å². The Morgan fingerprint density at radius 2 is 1.80 bits per heavy atom. The number of halogens is 2. The minimum Gasteiger partial charge on any atom is -0.490 e. The minimum atomic E-state index is -0.497. The highest BCUT2D eigenvalue weighted by atomic mass is 79.9. The number of amides is 3. The van der Waals surface area contributed by atoms with Crippen LogP contribution < -0.4 is 25.5 Å². The van der Waals surface area contributed by atoms with Gasteiger partial charge in [-0.25, -0.2) is 10.2 Å². The topological polar surface area (TPSA) is 101 Å². The Morgan fingerprint density at radius 3 is 2.51 bits per heavy atom. The van der Waals surface area contributed by atoms with Gasteiger partial charge in [-0.05, 0) is 67.4 Å². The summed E-state index contributed by atoms with van der Waals surface area (Å²) in [6.07, 6.45) is 1.42. The maximum Gasteiger partial charge on any atom is 0.339 e. The summed E-state index contributed by atoms with van der Waals surface area (Å²) in [4.78, 5) is 24.3. The molecule has 0 heterocycles. The number of hydrazone groups is 1. The molecule has 0 atom stereocenters. The van der Waals surface area contributed by atoms with Gasteiger partial charge in [-0.1, -0.05) is 45.7 Å². The lowest BCUT2D eigenvalue weighted by Crippen LogP contribution is -2.24. The zero-order chi connectivity index (χ0) is 25.2. The SMILES string of the molecule is CCOc1cc(/C=N/NC(=O)Nc2ccc(Br)c(C)c2)cc(Cl)c1OCC(=O)Nc1ccccc1. The van der Waals surface area contributed by atoms with Gasteiger partial charge in [-0.2, -0.15) is 5.10 Å². The van der Waals surface area contributed by atoms with E-state index >= 15 is 0 Å². The normalized spacial score (nSPS) is 10.6. The zero-order valence-electron chi connectivity index (χ0n) is 19.1. The lowest BCUT2D eigenvalue weighted by molar-refractivity contribution is -0.118. The second kappa shape index (κ2) is 12.8. The quantitative estimate of drug-likeness (QED) is 0.222. The molecular formula is C25H24BrClN4O4. The summed E-state index contributed by atoms with van der Waals surface area (Å²) in [5, 5.41) is 9.63. The van der Waals surface area contributed by atoms with Crippen LogP contribution in [0.3, 0.4) is 0 Å². The first-order valence-corrected chi connectivity index (χ1v) is 11.8. The molecule has 182 valence electrons. The first-order chi connectivity index (χ1) is 16.9. The molecule has 3 aromatic carbocycles. The van der Waals surface area contributed by atoms with E-state index in [1.54, 1.807) is 30.3 Å². The molecular weight excluding hydrogens is 536 g/mol. The molecule has 10 heteroatoms. The van der Waals surface area contributed by atoms with Gasteiger partial charge in [-0.3, -0.25) is 4.79 Å². The largest absolute Gasteiger partial charge is 0.490 e. The molecule has 0 bridgehead atoms. The van der Waals surface area contributed by atoms with Gasteiger partial charge in [0, 0.05) is 15.8 Å². The van der Waals surface area contributed by atoms with Gasteiger partial charge in [0.15, 0.2) is 18.1 Å². The predicted molar refractivity (Wildman–Crippen MR) is 142 cm³/mol. The second-order valence-corrected chi connectivity index (χ2v) is 8.52. The molecule has 3 aromatic rings. The molecule has 3 rings (SSSR count). The van der Waals surface area contributed by atoms with Crippen LogP contribution in [0.2, 0.25) is 5.02 Å². The fourth-order valence-corrected chi connectivity index (χ4v) is 3.49. The summed E-state index contributed by atoms with van der Waals surface area (Å²) in [7, 11) is 0. The fraction of sp³-hybridized carbons (Fsp3) is 0.160. The summed E-state index contributed by atoms with van der Waals surface area (Å²) in [6, 6.07) is 17.3. The molecule has 0 aliphatic carbocycles. The number of urea groups is 1. The van der Waals surface area contributed by atoms with Gasteiger partial charge >= 0.3 is 6.03 Å². The number of para-hydroxylation sites is 1. The van der Waals surface area contributed by atoms with Crippen LogP contribution in [0.4, 0.5) is 16.2 Å². The monoisotopic (exact) mass is 558 g/mol.